The van der Waals surface area contributed by atoms with Crippen LogP contribution < -0.4 is 5.32 Å². The first kappa shape index (κ1) is 15.3. The Balaban J connectivity index is 3.31. The summed E-state index contributed by atoms with van der Waals surface area (Å²) in [6, 6.07) is 2.50. The number of amides is 1. The van der Waals surface area contributed by atoms with Crippen LogP contribution in [-0.4, -0.2) is 23.9 Å². The van der Waals surface area contributed by atoms with Crippen LogP contribution in [0.4, 0.5) is 32.0 Å². The van der Waals surface area contributed by atoms with E-state index in [9.17, 15) is 31.1 Å². The zero-order chi connectivity index (χ0) is 14.9. The first-order chi connectivity index (χ1) is 8.54. The van der Waals surface area contributed by atoms with Gasteiger partial charge in [-0.15, -0.1) is 0 Å². The van der Waals surface area contributed by atoms with Crippen molar-refractivity contribution >= 4 is 12.1 Å². The van der Waals surface area contributed by atoms with Gasteiger partial charge in [-0.2, -0.15) is 26.3 Å². The quantitative estimate of drug-likeness (QED) is 0.663. The minimum absolute atomic E-state index is 0.00884. The zero-order valence-corrected chi connectivity index (χ0v) is 9.01. The van der Waals surface area contributed by atoms with Crippen molar-refractivity contribution in [2.45, 2.75) is 18.0 Å². The maximum Gasteiger partial charge on any atom is 0.430 e. The monoisotopic (exact) mass is 287 g/mol. The second-order valence-electron chi connectivity index (χ2n) is 3.55. The van der Waals surface area contributed by atoms with E-state index >= 15 is 0 Å². The summed E-state index contributed by atoms with van der Waals surface area (Å²) in [5.41, 5.74) is -6.35. The number of nitrogens with one attached hydrogen (secondary N) is 1. The van der Waals surface area contributed by atoms with E-state index in [1.54, 1.807) is 0 Å². The molecule has 0 saturated heterocycles. The molecule has 0 radical (unpaired) electrons. The minimum Gasteiger partial charge on any atom is -0.369 e. The predicted molar refractivity (Wildman–Crippen MR) is 52.1 cm³/mol. The molecule has 9 heteroatoms. The maximum absolute atomic E-state index is 12.5. The molecule has 0 heterocycles. The Morgan fingerprint density at radius 1 is 0.947 bits per heavy atom. The number of rotatable bonds is 3. The molecule has 1 aromatic carbocycles. The van der Waals surface area contributed by atoms with Gasteiger partial charge in [-0.1, -0.05) is 12.1 Å². The number of hydrogen-bond donors (Lipinski definition) is 2. The fourth-order valence-corrected chi connectivity index (χ4v) is 1.36. The fourth-order valence-electron chi connectivity index (χ4n) is 1.36. The largest absolute Gasteiger partial charge is 0.430 e. The molecule has 0 bridgehead atoms. The molecule has 0 aliphatic rings. The van der Waals surface area contributed by atoms with Crippen LogP contribution in [0.2, 0.25) is 0 Å². The van der Waals surface area contributed by atoms with E-state index in [0.29, 0.717) is 12.1 Å². The van der Waals surface area contributed by atoms with Crippen LogP contribution in [0.1, 0.15) is 5.56 Å². The number of carbonyl (C=O) groups excluding carboxylic acids is 1. The van der Waals surface area contributed by atoms with Crippen LogP contribution in [0.15, 0.2) is 24.3 Å². The fraction of sp³-hybridized carbons (Fsp3) is 0.300. The van der Waals surface area contributed by atoms with Gasteiger partial charge in [-0.05, 0) is 12.1 Å². The van der Waals surface area contributed by atoms with Gasteiger partial charge in [0, 0.05) is 11.3 Å². The summed E-state index contributed by atoms with van der Waals surface area (Å²) >= 11 is 0. The third-order valence-corrected chi connectivity index (χ3v) is 2.35. The van der Waals surface area contributed by atoms with Crippen molar-refractivity contribution in [2.24, 2.45) is 0 Å². The molecule has 0 spiro atoms. The van der Waals surface area contributed by atoms with Crippen molar-refractivity contribution in [3.63, 3.8) is 0 Å². The molecule has 2 N–H and O–H groups in total. The highest BCUT2D eigenvalue weighted by Gasteiger charge is 2.71. The average molecular weight is 287 g/mol. The van der Waals surface area contributed by atoms with Crippen molar-refractivity contribution in [3.8, 4) is 0 Å². The summed E-state index contributed by atoms with van der Waals surface area (Å²) in [5, 5.41) is 11.1. The summed E-state index contributed by atoms with van der Waals surface area (Å²) in [5.74, 6) is 0. The van der Waals surface area contributed by atoms with E-state index in [4.69, 9.17) is 5.11 Å². The molecule has 0 unspecified atom stereocenters. The Morgan fingerprint density at radius 3 is 1.68 bits per heavy atom. The van der Waals surface area contributed by atoms with Crippen LogP contribution in [0.25, 0.3) is 0 Å². The minimum atomic E-state index is -5.93. The van der Waals surface area contributed by atoms with Crippen molar-refractivity contribution in [1.29, 1.82) is 0 Å². The Bertz CT molecular complexity index is 437. The van der Waals surface area contributed by atoms with Gasteiger partial charge in [-0.25, -0.2) is 0 Å². The number of hydrogen-bond acceptors (Lipinski definition) is 2. The molecule has 0 saturated carbocycles. The Morgan fingerprint density at radius 2 is 1.37 bits per heavy atom. The lowest BCUT2D eigenvalue weighted by Gasteiger charge is -2.32. The van der Waals surface area contributed by atoms with E-state index < -0.39 is 23.5 Å². The van der Waals surface area contributed by atoms with E-state index in [1.807, 2.05) is 5.32 Å². The third kappa shape index (κ3) is 2.65. The second-order valence-corrected chi connectivity index (χ2v) is 3.55. The lowest BCUT2D eigenvalue weighted by molar-refractivity contribution is -0.376. The molecule has 0 atom stereocenters. The number of benzene rings is 1. The summed E-state index contributed by atoms with van der Waals surface area (Å²) in [7, 11) is 0. The highest BCUT2D eigenvalue weighted by atomic mass is 19.4. The molecule has 3 nitrogen and oxygen atoms in total. The molecule has 1 rings (SSSR count). The molecule has 106 valence electrons. The van der Waals surface area contributed by atoms with Gasteiger partial charge in [0.2, 0.25) is 6.41 Å². The normalized spacial score (nSPS) is 13.2. The highest BCUT2D eigenvalue weighted by Crippen LogP contribution is 2.50. The second kappa shape index (κ2) is 4.72. The molecule has 1 aromatic rings. The molecule has 0 aromatic heterocycles. The van der Waals surface area contributed by atoms with Gasteiger partial charge in [0.1, 0.15) is 0 Å². The maximum atomic E-state index is 12.5. The standard InChI is InChI=1S/C10H7F6NO2/c11-9(12,13)8(19,10(14,15)16)6-1-3-7(4-2-6)17-5-18/h1-5,19H,(H,17,18). The van der Waals surface area contributed by atoms with Gasteiger partial charge in [0.25, 0.3) is 5.60 Å². The number of anilines is 1. The SMILES string of the molecule is O=CNc1ccc(C(O)(C(F)(F)F)C(F)(F)F)cc1. The summed E-state index contributed by atoms with van der Waals surface area (Å²) in [4.78, 5) is 10.1. The van der Waals surface area contributed by atoms with Gasteiger partial charge in [-0.3, -0.25) is 4.79 Å². The summed E-state index contributed by atoms with van der Waals surface area (Å²) in [6.07, 6.45) is -11.6. The Hall–Kier alpha value is -1.77. The van der Waals surface area contributed by atoms with Gasteiger partial charge < -0.3 is 10.4 Å². The van der Waals surface area contributed by atoms with Gasteiger partial charge in [0.15, 0.2) is 0 Å². The van der Waals surface area contributed by atoms with Crippen LogP contribution in [0, 0.1) is 0 Å². The molecule has 0 aliphatic carbocycles. The van der Waals surface area contributed by atoms with E-state index in [2.05, 4.69) is 0 Å². The molecule has 0 fully saturated rings. The highest BCUT2D eigenvalue weighted by molar-refractivity contribution is 5.71. The predicted octanol–water partition coefficient (Wildman–Crippen LogP) is 2.57. The summed E-state index contributed by atoms with van der Waals surface area (Å²) < 4.78 is 75.0. The van der Waals surface area contributed by atoms with E-state index in [0.717, 1.165) is 12.1 Å². The van der Waals surface area contributed by atoms with E-state index in [1.165, 1.54) is 0 Å². The Kier molecular flexibility index (Phi) is 3.80. The van der Waals surface area contributed by atoms with E-state index in [-0.39, 0.29) is 12.1 Å². The van der Waals surface area contributed by atoms with Crippen molar-refractivity contribution in [3.05, 3.63) is 29.8 Å². The molecular weight excluding hydrogens is 280 g/mol. The number of alkyl halides is 6. The van der Waals surface area contributed by atoms with Crippen molar-refractivity contribution in [1.82, 2.24) is 0 Å². The first-order valence-electron chi connectivity index (χ1n) is 4.70. The van der Waals surface area contributed by atoms with Crippen molar-refractivity contribution in [2.75, 3.05) is 5.32 Å². The van der Waals surface area contributed by atoms with Crippen LogP contribution in [0.5, 0.6) is 0 Å². The molecule has 19 heavy (non-hydrogen) atoms. The van der Waals surface area contributed by atoms with Crippen LogP contribution in [-0.2, 0) is 10.4 Å². The third-order valence-electron chi connectivity index (χ3n) is 2.35. The van der Waals surface area contributed by atoms with Gasteiger partial charge >= 0.3 is 12.4 Å². The lowest BCUT2D eigenvalue weighted by Crippen LogP contribution is -2.53. The van der Waals surface area contributed by atoms with Crippen molar-refractivity contribution < 1.29 is 36.2 Å². The molecule has 1 amide bonds. The first-order valence-corrected chi connectivity index (χ1v) is 4.70. The Labute approximate surface area is 102 Å². The summed E-state index contributed by atoms with van der Waals surface area (Å²) in [6.45, 7) is 0. The lowest BCUT2D eigenvalue weighted by atomic mass is 9.92. The number of halogens is 6. The number of carbonyl (C=O) groups is 1. The average Bonchev–Trinajstić information content (AvgIpc) is 2.26. The number of aliphatic hydroxyl groups is 1. The zero-order valence-electron chi connectivity index (χ0n) is 9.01. The van der Waals surface area contributed by atoms with Crippen LogP contribution in [0.3, 0.4) is 0 Å². The van der Waals surface area contributed by atoms with Crippen LogP contribution >= 0.6 is 0 Å². The molecular formula is C10H7F6NO2. The topological polar surface area (TPSA) is 49.3 Å². The van der Waals surface area contributed by atoms with Gasteiger partial charge in [0.05, 0.1) is 0 Å². The smallest absolute Gasteiger partial charge is 0.369 e. The molecule has 0 aliphatic heterocycles.